The number of anilines is 1. The summed E-state index contributed by atoms with van der Waals surface area (Å²) in [5.41, 5.74) is 0.559. The van der Waals surface area contributed by atoms with Crippen LogP contribution in [0.3, 0.4) is 0 Å². The lowest BCUT2D eigenvalue weighted by atomic mass is 10.2. The quantitative estimate of drug-likeness (QED) is 0.828. The molecular weight excluding hydrogens is 293 g/mol. The molecule has 0 fully saturated rings. The van der Waals surface area contributed by atoms with E-state index in [0.717, 1.165) is 0 Å². The van der Waals surface area contributed by atoms with Crippen LogP contribution in [-0.4, -0.2) is 31.9 Å². The molecule has 0 aliphatic carbocycles. The molecule has 112 valence electrons. The molecule has 1 N–H and O–H groups in total. The third-order valence-corrected chi connectivity index (χ3v) is 3.45. The van der Waals surface area contributed by atoms with Crippen LogP contribution in [0.15, 0.2) is 29.4 Å². The van der Waals surface area contributed by atoms with Crippen LogP contribution >= 0.6 is 11.8 Å². The summed E-state index contributed by atoms with van der Waals surface area (Å²) in [6.07, 6.45) is 0. The van der Waals surface area contributed by atoms with Gasteiger partial charge in [-0.15, -0.1) is 5.10 Å². The van der Waals surface area contributed by atoms with E-state index in [0.29, 0.717) is 23.3 Å². The van der Waals surface area contributed by atoms with E-state index >= 15 is 0 Å². The van der Waals surface area contributed by atoms with Gasteiger partial charge in [-0.1, -0.05) is 25.6 Å². The lowest BCUT2D eigenvalue weighted by molar-refractivity contribution is -0.113. The van der Waals surface area contributed by atoms with Crippen LogP contribution in [0.2, 0.25) is 0 Å². The molecule has 1 heterocycles. The van der Waals surface area contributed by atoms with E-state index in [1.165, 1.54) is 36.0 Å². The van der Waals surface area contributed by atoms with Crippen LogP contribution in [0.1, 0.15) is 13.8 Å². The molecule has 1 amide bonds. The number of amides is 1. The highest BCUT2D eigenvalue weighted by Crippen LogP contribution is 2.16. The fraction of sp³-hybridized carbons (Fsp3) is 0.385. The zero-order valence-corrected chi connectivity index (χ0v) is 12.6. The molecule has 21 heavy (non-hydrogen) atoms. The summed E-state index contributed by atoms with van der Waals surface area (Å²) in [4.78, 5) is 11.8. The molecule has 2 aromatic rings. The van der Waals surface area contributed by atoms with Crippen molar-refractivity contribution >= 4 is 23.4 Å². The Morgan fingerprint density at radius 3 is 2.76 bits per heavy atom. The SMILES string of the molecule is CC(C)Cn1nnnc1SCC(=O)Nc1ccc(F)cc1. The molecule has 0 spiro atoms. The summed E-state index contributed by atoms with van der Waals surface area (Å²) >= 11 is 1.27. The van der Waals surface area contributed by atoms with E-state index in [1.54, 1.807) is 4.68 Å². The molecule has 2 rings (SSSR count). The summed E-state index contributed by atoms with van der Waals surface area (Å²) in [7, 11) is 0. The molecule has 0 saturated carbocycles. The number of carbonyl (C=O) groups is 1. The number of thioether (sulfide) groups is 1. The largest absolute Gasteiger partial charge is 0.325 e. The van der Waals surface area contributed by atoms with Crippen LogP contribution < -0.4 is 5.32 Å². The molecule has 0 bridgehead atoms. The second-order valence-corrected chi connectivity index (χ2v) is 5.82. The van der Waals surface area contributed by atoms with E-state index in [9.17, 15) is 9.18 Å². The Labute approximate surface area is 126 Å². The average Bonchev–Trinajstić information content (AvgIpc) is 2.85. The number of carbonyl (C=O) groups excluding carboxylic acids is 1. The molecule has 0 atom stereocenters. The normalized spacial score (nSPS) is 10.9. The van der Waals surface area contributed by atoms with Crippen molar-refractivity contribution in [2.45, 2.75) is 25.5 Å². The fourth-order valence-corrected chi connectivity index (χ4v) is 2.31. The van der Waals surface area contributed by atoms with E-state index in [4.69, 9.17) is 0 Å². The molecule has 0 aliphatic rings. The number of nitrogens with one attached hydrogen (secondary N) is 1. The predicted molar refractivity (Wildman–Crippen MR) is 78.4 cm³/mol. The molecule has 8 heteroatoms. The Kier molecular flexibility index (Phi) is 5.26. The zero-order valence-electron chi connectivity index (χ0n) is 11.8. The van der Waals surface area contributed by atoms with Crippen molar-refractivity contribution in [2.24, 2.45) is 5.92 Å². The van der Waals surface area contributed by atoms with Crippen molar-refractivity contribution in [1.82, 2.24) is 20.2 Å². The highest BCUT2D eigenvalue weighted by molar-refractivity contribution is 7.99. The first kappa shape index (κ1) is 15.4. The van der Waals surface area contributed by atoms with Crippen molar-refractivity contribution in [3.63, 3.8) is 0 Å². The van der Waals surface area contributed by atoms with Gasteiger partial charge in [-0.05, 0) is 40.6 Å². The third-order valence-electron chi connectivity index (χ3n) is 2.50. The number of nitrogens with zero attached hydrogens (tertiary/aromatic N) is 4. The summed E-state index contributed by atoms with van der Waals surface area (Å²) in [6.45, 7) is 4.84. The number of hydrogen-bond donors (Lipinski definition) is 1. The maximum atomic E-state index is 12.8. The molecule has 0 radical (unpaired) electrons. The Morgan fingerprint density at radius 2 is 2.10 bits per heavy atom. The molecule has 0 saturated heterocycles. The fourth-order valence-electron chi connectivity index (χ4n) is 1.62. The van der Waals surface area contributed by atoms with E-state index in [2.05, 4.69) is 34.7 Å². The predicted octanol–water partition coefficient (Wildman–Crippen LogP) is 2.20. The van der Waals surface area contributed by atoms with Gasteiger partial charge < -0.3 is 5.32 Å². The Morgan fingerprint density at radius 1 is 1.38 bits per heavy atom. The minimum absolute atomic E-state index is 0.189. The molecule has 1 aromatic carbocycles. The number of halogens is 1. The minimum Gasteiger partial charge on any atom is -0.325 e. The van der Waals surface area contributed by atoms with Gasteiger partial charge in [0.2, 0.25) is 11.1 Å². The topological polar surface area (TPSA) is 72.7 Å². The lowest BCUT2D eigenvalue weighted by Gasteiger charge is -2.07. The second kappa shape index (κ2) is 7.16. The van der Waals surface area contributed by atoms with Crippen molar-refractivity contribution in [3.8, 4) is 0 Å². The maximum absolute atomic E-state index is 12.8. The van der Waals surface area contributed by atoms with Gasteiger partial charge in [0.05, 0.1) is 5.75 Å². The number of rotatable bonds is 6. The molecular formula is C13H16FN5OS. The maximum Gasteiger partial charge on any atom is 0.234 e. The van der Waals surface area contributed by atoms with Gasteiger partial charge in [0.1, 0.15) is 5.82 Å². The van der Waals surface area contributed by atoms with Gasteiger partial charge in [-0.3, -0.25) is 4.79 Å². The number of hydrogen-bond acceptors (Lipinski definition) is 5. The lowest BCUT2D eigenvalue weighted by Crippen LogP contribution is -2.15. The van der Waals surface area contributed by atoms with Crippen molar-refractivity contribution in [2.75, 3.05) is 11.1 Å². The molecule has 0 unspecified atom stereocenters. The first-order valence-electron chi connectivity index (χ1n) is 6.49. The van der Waals surface area contributed by atoms with Gasteiger partial charge in [0, 0.05) is 12.2 Å². The molecule has 1 aromatic heterocycles. The van der Waals surface area contributed by atoms with Crippen LogP contribution in [0.5, 0.6) is 0 Å². The average molecular weight is 309 g/mol. The smallest absolute Gasteiger partial charge is 0.234 e. The first-order valence-corrected chi connectivity index (χ1v) is 7.47. The van der Waals surface area contributed by atoms with Crippen LogP contribution in [0.25, 0.3) is 0 Å². The second-order valence-electron chi connectivity index (χ2n) is 4.88. The first-order chi connectivity index (χ1) is 10.0. The number of aromatic nitrogens is 4. The Hall–Kier alpha value is -1.96. The van der Waals surface area contributed by atoms with Crippen molar-refractivity contribution in [1.29, 1.82) is 0 Å². The summed E-state index contributed by atoms with van der Waals surface area (Å²) < 4.78 is 14.4. The summed E-state index contributed by atoms with van der Waals surface area (Å²) in [6, 6.07) is 5.62. The van der Waals surface area contributed by atoms with Crippen molar-refractivity contribution < 1.29 is 9.18 Å². The third kappa shape index (κ3) is 4.82. The van der Waals surface area contributed by atoms with Crippen LogP contribution in [0.4, 0.5) is 10.1 Å². The summed E-state index contributed by atoms with van der Waals surface area (Å²) in [5.74, 6) is 0.0809. The highest BCUT2D eigenvalue weighted by atomic mass is 32.2. The van der Waals surface area contributed by atoms with E-state index < -0.39 is 0 Å². The Bertz CT molecular complexity index is 599. The van der Waals surface area contributed by atoms with E-state index in [-0.39, 0.29) is 17.5 Å². The van der Waals surface area contributed by atoms with Gasteiger partial charge in [0.25, 0.3) is 0 Å². The number of benzene rings is 1. The van der Waals surface area contributed by atoms with Gasteiger partial charge in [0.15, 0.2) is 0 Å². The monoisotopic (exact) mass is 309 g/mol. The van der Waals surface area contributed by atoms with E-state index in [1.807, 2.05) is 0 Å². The van der Waals surface area contributed by atoms with Gasteiger partial charge >= 0.3 is 0 Å². The summed E-state index contributed by atoms with van der Waals surface area (Å²) in [5, 5.41) is 14.7. The molecule has 0 aliphatic heterocycles. The highest BCUT2D eigenvalue weighted by Gasteiger charge is 2.11. The Balaban J connectivity index is 1.86. The number of tetrazole rings is 1. The zero-order chi connectivity index (χ0) is 15.2. The van der Waals surface area contributed by atoms with Crippen LogP contribution in [-0.2, 0) is 11.3 Å². The van der Waals surface area contributed by atoms with Gasteiger partial charge in [-0.2, -0.15) is 0 Å². The minimum atomic E-state index is -0.338. The van der Waals surface area contributed by atoms with Gasteiger partial charge in [-0.25, -0.2) is 9.07 Å². The molecule has 6 nitrogen and oxygen atoms in total. The van der Waals surface area contributed by atoms with Crippen molar-refractivity contribution in [3.05, 3.63) is 30.1 Å². The standard InChI is InChI=1S/C13H16FN5OS/c1-9(2)7-19-13(16-17-18-19)21-8-12(20)15-11-5-3-10(14)4-6-11/h3-6,9H,7-8H2,1-2H3,(H,15,20). The van der Waals surface area contributed by atoms with Crippen LogP contribution in [0, 0.1) is 11.7 Å².